The second kappa shape index (κ2) is 6.33. The Kier molecular flexibility index (Phi) is 4.01. The first kappa shape index (κ1) is 15.8. The fraction of sp³-hybridized carbons (Fsp3) is 0.278. The summed E-state index contributed by atoms with van der Waals surface area (Å²) in [5, 5.41) is 5.43. The fourth-order valence-corrected chi connectivity index (χ4v) is 3.61. The molecule has 0 saturated heterocycles. The number of imidazole rings is 1. The van der Waals surface area contributed by atoms with Crippen molar-refractivity contribution >= 4 is 22.4 Å². The highest BCUT2D eigenvalue weighted by Gasteiger charge is 2.20. The van der Waals surface area contributed by atoms with Crippen LogP contribution in [0.4, 0.5) is 5.13 Å². The molecular formula is C18H18N4O2S. The van der Waals surface area contributed by atoms with E-state index >= 15 is 0 Å². The van der Waals surface area contributed by atoms with E-state index in [-0.39, 0.29) is 18.1 Å². The Labute approximate surface area is 149 Å². The molecule has 1 aliphatic rings. The van der Waals surface area contributed by atoms with Gasteiger partial charge in [0.1, 0.15) is 17.9 Å². The monoisotopic (exact) mass is 354 g/mol. The van der Waals surface area contributed by atoms with Crippen LogP contribution in [0.5, 0.6) is 5.75 Å². The van der Waals surface area contributed by atoms with E-state index in [1.807, 2.05) is 24.4 Å². The molecule has 25 heavy (non-hydrogen) atoms. The van der Waals surface area contributed by atoms with Crippen molar-refractivity contribution in [2.24, 2.45) is 0 Å². The van der Waals surface area contributed by atoms with Gasteiger partial charge in [-0.05, 0) is 37.6 Å². The summed E-state index contributed by atoms with van der Waals surface area (Å²) in [6.07, 6.45) is 6.19. The summed E-state index contributed by atoms with van der Waals surface area (Å²) in [6.45, 7) is 3.89. The maximum atomic E-state index is 12.3. The number of aromatic nitrogens is 3. The maximum Gasteiger partial charge on any atom is 0.248 e. The molecule has 1 N–H and O–H groups in total. The average Bonchev–Trinajstić information content (AvgIpc) is 3.33. The van der Waals surface area contributed by atoms with Crippen molar-refractivity contribution in [1.82, 2.24) is 14.5 Å². The van der Waals surface area contributed by atoms with E-state index in [1.54, 1.807) is 23.3 Å². The van der Waals surface area contributed by atoms with Crippen LogP contribution in [0.2, 0.25) is 0 Å². The Morgan fingerprint density at radius 2 is 2.36 bits per heavy atom. The number of nitrogens with zero attached hydrogens (tertiary/aromatic N) is 3. The Balaban J connectivity index is 1.49. The molecule has 1 aromatic carbocycles. The number of carbonyl (C=O) groups is 1. The van der Waals surface area contributed by atoms with Gasteiger partial charge in [0.15, 0.2) is 5.13 Å². The number of thiazole rings is 1. The van der Waals surface area contributed by atoms with Crippen LogP contribution in [0.3, 0.4) is 0 Å². The molecule has 6 nitrogen and oxygen atoms in total. The molecule has 1 aliphatic heterocycles. The van der Waals surface area contributed by atoms with E-state index in [9.17, 15) is 4.79 Å². The molecule has 1 amide bonds. The third-order valence-electron chi connectivity index (χ3n) is 4.28. The number of nitrogens with one attached hydrogen (secondary N) is 1. The van der Waals surface area contributed by atoms with Crippen molar-refractivity contribution < 1.29 is 9.53 Å². The zero-order valence-corrected chi connectivity index (χ0v) is 14.8. The van der Waals surface area contributed by atoms with Gasteiger partial charge in [-0.25, -0.2) is 9.97 Å². The molecular weight excluding hydrogens is 336 g/mol. The van der Waals surface area contributed by atoms with E-state index in [4.69, 9.17) is 4.74 Å². The summed E-state index contributed by atoms with van der Waals surface area (Å²) in [5.41, 5.74) is 3.10. The van der Waals surface area contributed by atoms with E-state index in [0.717, 1.165) is 23.4 Å². The van der Waals surface area contributed by atoms with Gasteiger partial charge in [0.25, 0.3) is 0 Å². The van der Waals surface area contributed by atoms with Crippen molar-refractivity contribution in [1.29, 1.82) is 0 Å². The molecule has 4 rings (SSSR count). The number of carbonyl (C=O) groups excluding carboxylic acids is 1. The minimum absolute atomic E-state index is 0.116. The second-order valence-corrected chi connectivity index (χ2v) is 7.03. The number of ether oxygens (including phenoxy) is 1. The summed E-state index contributed by atoms with van der Waals surface area (Å²) < 4.78 is 7.49. The predicted octanol–water partition coefficient (Wildman–Crippen LogP) is 3.53. The van der Waals surface area contributed by atoms with Crippen LogP contribution in [0.25, 0.3) is 11.3 Å². The third-order valence-corrected chi connectivity index (χ3v) is 5.04. The van der Waals surface area contributed by atoms with Gasteiger partial charge in [0, 0.05) is 29.8 Å². The van der Waals surface area contributed by atoms with Crippen LogP contribution in [-0.4, -0.2) is 26.5 Å². The summed E-state index contributed by atoms with van der Waals surface area (Å²) in [5.74, 6) is 0.837. The minimum atomic E-state index is -0.339. The lowest BCUT2D eigenvalue weighted by molar-refractivity contribution is -0.118. The van der Waals surface area contributed by atoms with Crippen molar-refractivity contribution in [2.45, 2.75) is 32.4 Å². The van der Waals surface area contributed by atoms with Gasteiger partial charge < -0.3 is 14.6 Å². The summed E-state index contributed by atoms with van der Waals surface area (Å²) in [7, 11) is 0. The molecule has 2 unspecified atom stereocenters. The van der Waals surface area contributed by atoms with Crippen molar-refractivity contribution in [3.8, 4) is 17.0 Å². The summed E-state index contributed by atoms with van der Waals surface area (Å²) in [6, 6.07) is 5.78. The lowest BCUT2D eigenvalue weighted by Gasteiger charge is -2.11. The number of anilines is 1. The fourth-order valence-electron chi connectivity index (χ4n) is 2.89. The average molecular weight is 354 g/mol. The first-order chi connectivity index (χ1) is 12.1. The van der Waals surface area contributed by atoms with Gasteiger partial charge in [-0.1, -0.05) is 0 Å². The first-order valence-corrected chi connectivity index (χ1v) is 9.02. The highest BCUT2D eigenvalue weighted by molar-refractivity contribution is 7.14. The molecule has 3 aromatic rings. The van der Waals surface area contributed by atoms with E-state index < -0.39 is 0 Å². The zero-order chi connectivity index (χ0) is 17.4. The van der Waals surface area contributed by atoms with Gasteiger partial charge in [0.05, 0.1) is 12.0 Å². The van der Waals surface area contributed by atoms with Crippen molar-refractivity contribution in [3.05, 3.63) is 47.9 Å². The number of hydrogen-bond acceptors (Lipinski definition) is 5. The summed E-state index contributed by atoms with van der Waals surface area (Å²) >= 11 is 1.42. The molecule has 0 bridgehead atoms. The molecule has 2 atom stereocenters. The molecule has 0 fully saturated rings. The van der Waals surface area contributed by atoms with Crippen LogP contribution in [0, 0.1) is 0 Å². The first-order valence-electron chi connectivity index (χ1n) is 8.14. The van der Waals surface area contributed by atoms with E-state index in [2.05, 4.69) is 28.3 Å². The second-order valence-electron chi connectivity index (χ2n) is 6.17. The minimum Gasteiger partial charge on any atom is -0.490 e. The third kappa shape index (κ3) is 3.15. The van der Waals surface area contributed by atoms with Crippen LogP contribution < -0.4 is 10.1 Å². The molecule has 0 spiro atoms. The lowest BCUT2D eigenvalue weighted by atomic mass is 10.1. The molecule has 2 aromatic heterocycles. The summed E-state index contributed by atoms with van der Waals surface area (Å²) in [4.78, 5) is 20.9. The normalized spacial score (nSPS) is 17.0. The number of hydrogen-bond donors (Lipinski definition) is 1. The van der Waals surface area contributed by atoms with E-state index in [0.29, 0.717) is 5.13 Å². The van der Waals surface area contributed by atoms with Gasteiger partial charge >= 0.3 is 0 Å². The van der Waals surface area contributed by atoms with Crippen molar-refractivity contribution in [2.75, 3.05) is 5.32 Å². The van der Waals surface area contributed by atoms with Gasteiger partial charge in [0.2, 0.25) is 5.91 Å². The standard InChI is InChI=1S/C18H18N4O2S/c1-11-7-14-8-13(3-4-16(14)24-11)15-9-25-18(20-15)21-17(23)12(2)22-6-5-19-10-22/h3-6,8-12H,7H2,1-2H3,(H,20,21,23). The molecule has 3 heterocycles. The highest BCUT2D eigenvalue weighted by Crippen LogP contribution is 2.33. The number of amides is 1. The number of rotatable bonds is 4. The molecule has 7 heteroatoms. The van der Waals surface area contributed by atoms with Gasteiger partial charge in [-0.15, -0.1) is 11.3 Å². The topological polar surface area (TPSA) is 69.0 Å². The Morgan fingerprint density at radius 1 is 1.48 bits per heavy atom. The smallest absolute Gasteiger partial charge is 0.248 e. The molecule has 128 valence electrons. The quantitative estimate of drug-likeness (QED) is 0.778. The zero-order valence-electron chi connectivity index (χ0n) is 14.0. The van der Waals surface area contributed by atoms with Crippen molar-refractivity contribution in [3.63, 3.8) is 0 Å². The van der Waals surface area contributed by atoms with Gasteiger partial charge in [-0.3, -0.25) is 4.79 Å². The van der Waals surface area contributed by atoms with Crippen LogP contribution in [0.1, 0.15) is 25.5 Å². The van der Waals surface area contributed by atoms with E-state index in [1.165, 1.54) is 16.9 Å². The van der Waals surface area contributed by atoms with Crippen LogP contribution in [0.15, 0.2) is 42.3 Å². The number of benzene rings is 1. The van der Waals surface area contributed by atoms with Crippen LogP contribution in [-0.2, 0) is 11.2 Å². The van der Waals surface area contributed by atoms with Gasteiger partial charge in [-0.2, -0.15) is 0 Å². The Morgan fingerprint density at radius 3 is 3.16 bits per heavy atom. The SMILES string of the molecule is CC1Cc2cc(-c3csc(NC(=O)C(C)n4ccnc4)n3)ccc2O1. The lowest BCUT2D eigenvalue weighted by Crippen LogP contribution is -2.22. The largest absolute Gasteiger partial charge is 0.490 e. The predicted molar refractivity (Wildman–Crippen MR) is 96.9 cm³/mol. The Hall–Kier alpha value is -2.67. The molecule has 0 aliphatic carbocycles. The molecule has 0 radical (unpaired) electrons. The molecule has 0 saturated carbocycles. The number of fused-ring (bicyclic) bond motifs is 1. The maximum absolute atomic E-state index is 12.3. The van der Waals surface area contributed by atoms with Crippen LogP contribution >= 0.6 is 11.3 Å². The Bertz CT molecular complexity index is 904. The highest BCUT2D eigenvalue weighted by atomic mass is 32.1.